The molecule has 0 radical (unpaired) electrons. The monoisotopic (exact) mass is 264 g/mol. The van der Waals surface area contributed by atoms with Gasteiger partial charge in [-0.2, -0.15) is 0 Å². The van der Waals surface area contributed by atoms with E-state index in [0.29, 0.717) is 5.92 Å². The van der Waals surface area contributed by atoms with Gasteiger partial charge in [-0.05, 0) is 37.8 Å². The van der Waals surface area contributed by atoms with E-state index >= 15 is 0 Å². The van der Waals surface area contributed by atoms with Gasteiger partial charge in [0.05, 0.1) is 6.61 Å². The lowest BCUT2D eigenvalue weighted by Gasteiger charge is -2.33. The van der Waals surface area contributed by atoms with E-state index in [9.17, 15) is 4.79 Å². The van der Waals surface area contributed by atoms with Crippen LogP contribution in [0.2, 0.25) is 0 Å². The van der Waals surface area contributed by atoms with Crippen LogP contribution in [-0.2, 0) is 4.74 Å². The third-order valence-corrected chi connectivity index (χ3v) is 3.35. The summed E-state index contributed by atoms with van der Waals surface area (Å²) in [5.74, 6) is 0.273. The van der Waals surface area contributed by atoms with Gasteiger partial charge in [0.15, 0.2) is 5.69 Å². The number of carboxylic acids is 1. The number of hydrogen-bond acceptors (Lipinski definition) is 4. The lowest BCUT2D eigenvalue weighted by atomic mass is 9.99. The van der Waals surface area contributed by atoms with Crippen LogP contribution in [0, 0.1) is 5.92 Å². The predicted molar refractivity (Wildman–Crippen MR) is 72.6 cm³/mol. The summed E-state index contributed by atoms with van der Waals surface area (Å²) in [6, 6.07) is 5.14. The van der Waals surface area contributed by atoms with E-state index in [1.54, 1.807) is 6.07 Å². The fourth-order valence-corrected chi connectivity index (χ4v) is 2.41. The SMILES string of the molecule is CCOCC1CCCN(c2cccc(C(=O)O)n2)C1. The number of piperidine rings is 1. The lowest BCUT2D eigenvalue weighted by molar-refractivity contribution is 0.0690. The molecule has 1 saturated heterocycles. The molecule has 1 aliphatic rings. The van der Waals surface area contributed by atoms with E-state index in [4.69, 9.17) is 9.84 Å². The van der Waals surface area contributed by atoms with Crippen LogP contribution in [0.15, 0.2) is 18.2 Å². The first-order valence-electron chi connectivity index (χ1n) is 6.73. The smallest absolute Gasteiger partial charge is 0.354 e. The highest BCUT2D eigenvalue weighted by atomic mass is 16.5. The van der Waals surface area contributed by atoms with Gasteiger partial charge in [-0.1, -0.05) is 6.07 Å². The molecule has 0 aliphatic carbocycles. The number of hydrogen-bond donors (Lipinski definition) is 1. The van der Waals surface area contributed by atoms with Gasteiger partial charge >= 0.3 is 5.97 Å². The van der Waals surface area contributed by atoms with Gasteiger partial charge in [-0.25, -0.2) is 9.78 Å². The van der Waals surface area contributed by atoms with Crippen molar-refractivity contribution in [3.05, 3.63) is 23.9 Å². The van der Waals surface area contributed by atoms with Crippen molar-refractivity contribution >= 4 is 11.8 Å². The van der Waals surface area contributed by atoms with Crippen LogP contribution in [0.4, 0.5) is 5.82 Å². The summed E-state index contributed by atoms with van der Waals surface area (Å²) in [5, 5.41) is 8.97. The Morgan fingerprint density at radius 2 is 2.42 bits per heavy atom. The molecule has 1 N–H and O–H groups in total. The van der Waals surface area contributed by atoms with E-state index in [-0.39, 0.29) is 5.69 Å². The van der Waals surface area contributed by atoms with Crippen molar-refractivity contribution in [1.29, 1.82) is 0 Å². The average molecular weight is 264 g/mol. The Kier molecular flexibility index (Phi) is 4.74. The first-order chi connectivity index (χ1) is 9.20. The highest BCUT2D eigenvalue weighted by Gasteiger charge is 2.21. The lowest BCUT2D eigenvalue weighted by Crippen LogP contribution is -2.37. The number of rotatable bonds is 5. The minimum atomic E-state index is -0.982. The van der Waals surface area contributed by atoms with E-state index < -0.39 is 5.97 Å². The standard InChI is InChI=1S/C14H20N2O3/c1-2-19-10-11-5-4-8-16(9-11)13-7-3-6-12(15-13)14(17)18/h3,6-7,11H,2,4-5,8-10H2,1H3,(H,17,18). The topological polar surface area (TPSA) is 62.7 Å². The number of carboxylic acid groups (broad SMARTS) is 1. The van der Waals surface area contributed by atoms with Crippen LogP contribution in [0.5, 0.6) is 0 Å². The molecule has 104 valence electrons. The summed E-state index contributed by atoms with van der Waals surface area (Å²) >= 11 is 0. The van der Waals surface area contributed by atoms with Crippen LogP contribution in [0.1, 0.15) is 30.3 Å². The molecule has 2 rings (SSSR count). The number of pyridine rings is 1. The van der Waals surface area contributed by atoms with Crippen LogP contribution in [0.3, 0.4) is 0 Å². The minimum absolute atomic E-state index is 0.101. The Labute approximate surface area is 113 Å². The molecule has 2 heterocycles. The Balaban J connectivity index is 2.04. The van der Waals surface area contributed by atoms with Crippen LogP contribution in [0.25, 0.3) is 0 Å². The van der Waals surface area contributed by atoms with Gasteiger partial charge in [0.2, 0.25) is 0 Å². The van der Waals surface area contributed by atoms with Gasteiger partial charge in [0, 0.05) is 19.7 Å². The van der Waals surface area contributed by atoms with Crippen molar-refractivity contribution in [2.75, 3.05) is 31.2 Å². The molecule has 5 nitrogen and oxygen atoms in total. The maximum atomic E-state index is 10.9. The summed E-state index contributed by atoms with van der Waals surface area (Å²) in [5.41, 5.74) is 0.101. The van der Waals surface area contributed by atoms with Crippen molar-refractivity contribution in [3.63, 3.8) is 0 Å². The number of nitrogens with zero attached hydrogens (tertiary/aromatic N) is 2. The molecule has 19 heavy (non-hydrogen) atoms. The molecule has 1 unspecified atom stereocenters. The second kappa shape index (κ2) is 6.52. The van der Waals surface area contributed by atoms with Gasteiger partial charge in [0.1, 0.15) is 5.82 Å². The van der Waals surface area contributed by atoms with E-state index in [0.717, 1.165) is 45.0 Å². The zero-order valence-corrected chi connectivity index (χ0v) is 11.2. The summed E-state index contributed by atoms with van der Waals surface area (Å²) in [6.07, 6.45) is 2.26. The zero-order valence-electron chi connectivity index (χ0n) is 11.2. The molecule has 0 amide bonds. The molecule has 1 aromatic heterocycles. The molecular formula is C14H20N2O3. The van der Waals surface area contributed by atoms with Gasteiger partial charge in [0.25, 0.3) is 0 Å². The molecule has 1 aliphatic heterocycles. The van der Waals surface area contributed by atoms with Crippen molar-refractivity contribution < 1.29 is 14.6 Å². The first-order valence-corrected chi connectivity index (χ1v) is 6.73. The number of ether oxygens (including phenoxy) is 1. The molecule has 0 aromatic carbocycles. The zero-order chi connectivity index (χ0) is 13.7. The second-order valence-electron chi connectivity index (χ2n) is 4.80. The summed E-state index contributed by atoms with van der Waals surface area (Å²) in [4.78, 5) is 17.3. The first kappa shape index (κ1) is 13.8. The van der Waals surface area contributed by atoms with Gasteiger partial charge in [-0.15, -0.1) is 0 Å². The summed E-state index contributed by atoms with van der Waals surface area (Å²) in [7, 11) is 0. The van der Waals surface area contributed by atoms with Crippen molar-refractivity contribution in [2.24, 2.45) is 5.92 Å². The average Bonchev–Trinajstić information content (AvgIpc) is 2.45. The highest BCUT2D eigenvalue weighted by Crippen LogP contribution is 2.22. The third-order valence-electron chi connectivity index (χ3n) is 3.35. The Morgan fingerprint density at radius 3 is 3.16 bits per heavy atom. The maximum absolute atomic E-state index is 10.9. The molecule has 0 bridgehead atoms. The quantitative estimate of drug-likeness (QED) is 0.881. The molecule has 0 spiro atoms. The Morgan fingerprint density at radius 1 is 1.58 bits per heavy atom. The molecule has 0 saturated carbocycles. The van der Waals surface area contributed by atoms with Crippen LogP contribution >= 0.6 is 0 Å². The van der Waals surface area contributed by atoms with E-state index in [1.165, 1.54) is 6.07 Å². The Bertz CT molecular complexity index is 436. The summed E-state index contributed by atoms with van der Waals surface area (Å²) in [6.45, 7) is 5.32. The summed E-state index contributed by atoms with van der Waals surface area (Å²) < 4.78 is 5.48. The number of aromatic nitrogens is 1. The molecule has 5 heteroatoms. The maximum Gasteiger partial charge on any atom is 0.354 e. The molecule has 1 fully saturated rings. The number of carbonyl (C=O) groups is 1. The van der Waals surface area contributed by atoms with Crippen molar-refractivity contribution in [1.82, 2.24) is 4.98 Å². The molecule has 1 atom stereocenters. The molecular weight excluding hydrogens is 244 g/mol. The second-order valence-corrected chi connectivity index (χ2v) is 4.80. The number of anilines is 1. The van der Waals surface area contributed by atoms with Crippen LogP contribution in [-0.4, -0.2) is 42.4 Å². The van der Waals surface area contributed by atoms with Crippen LogP contribution < -0.4 is 4.90 Å². The molecule has 1 aromatic rings. The predicted octanol–water partition coefficient (Wildman–Crippen LogP) is 2.03. The van der Waals surface area contributed by atoms with Crippen molar-refractivity contribution in [3.8, 4) is 0 Å². The fraction of sp³-hybridized carbons (Fsp3) is 0.571. The Hall–Kier alpha value is -1.62. The van der Waals surface area contributed by atoms with Gasteiger partial charge in [-0.3, -0.25) is 0 Å². The number of aromatic carboxylic acids is 1. The highest BCUT2D eigenvalue weighted by molar-refractivity contribution is 5.85. The largest absolute Gasteiger partial charge is 0.477 e. The van der Waals surface area contributed by atoms with Crippen molar-refractivity contribution in [2.45, 2.75) is 19.8 Å². The van der Waals surface area contributed by atoms with Gasteiger partial charge < -0.3 is 14.7 Å². The fourth-order valence-electron chi connectivity index (χ4n) is 2.41. The van der Waals surface area contributed by atoms with E-state index in [2.05, 4.69) is 9.88 Å². The minimum Gasteiger partial charge on any atom is -0.477 e. The third kappa shape index (κ3) is 3.67. The normalized spacial score (nSPS) is 19.4. The van der Waals surface area contributed by atoms with E-state index in [1.807, 2.05) is 13.0 Å².